The minimum Gasteiger partial charge on any atom is -0.349 e. The van der Waals surface area contributed by atoms with Gasteiger partial charge >= 0.3 is 0 Å². The summed E-state index contributed by atoms with van der Waals surface area (Å²) in [4.78, 5) is 15.3. The lowest BCUT2D eigenvalue weighted by Gasteiger charge is -2.23. The van der Waals surface area contributed by atoms with Crippen LogP contribution in [0.2, 0.25) is 0 Å². The fraction of sp³-hybridized carbons (Fsp3) is 0.357. The Morgan fingerprint density at radius 2 is 2.00 bits per heavy atom. The molecule has 2 heterocycles. The minimum absolute atomic E-state index is 0.390. The number of aryl methyl sites for hydroxylation is 1. The number of anilines is 1. The zero-order valence-corrected chi connectivity index (χ0v) is 11.4. The molecule has 0 bridgehead atoms. The van der Waals surface area contributed by atoms with Crippen molar-refractivity contribution in [3.63, 3.8) is 0 Å². The van der Waals surface area contributed by atoms with Crippen LogP contribution in [0.1, 0.15) is 24.0 Å². The van der Waals surface area contributed by atoms with Crippen molar-refractivity contribution in [2.45, 2.75) is 26.9 Å². The Bertz CT molecular complexity index is 541. The maximum atomic E-state index is 5.72. The smallest absolute Gasteiger partial charge is 0.151 e. The minimum atomic E-state index is 0.390. The van der Waals surface area contributed by atoms with Crippen molar-refractivity contribution in [2.75, 3.05) is 11.4 Å². The summed E-state index contributed by atoms with van der Waals surface area (Å²) in [6.45, 7) is 6.02. The summed E-state index contributed by atoms with van der Waals surface area (Å²) in [7, 11) is 0. The first-order valence-electron chi connectivity index (χ1n) is 6.42. The van der Waals surface area contributed by atoms with Crippen LogP contribution < -0.4 is 10.6 Å². The predicted octanol–water partition coefficient (Wildman–Crippen LogP) is 1.67. The first-order chi connectivity index (χ1) is 9.24. The summed E-state index contributed by atoms with van der Waals surface area (Å²) < 4.78 is 0. The molecule has 2 aromatic rings. The Balaban J connectivity index is 2.25. The standard InChI is InChI=1S/C14H19N5/c1-3-19(10-12-6-4-5-11(2)18-12)14-13(9-15)16-7-8-17-14/h4-8H,3,9-10,15H2,1-2H3. The number of aromatic nitrogens is 3. The fourth-order valence-corrected chi connectivity index (χ4v) is 1.99. The summed E-state index contributed by atoms with van der Waals surface area (Å²) in [5, 5.41) is 0. The van der Waals surface area contributed by atoms with E-state index in [4.69, 9.17) is 5.73 Å². The second-order valence-electron chi connectivity index (χ2n) is 4.32. The molecule has 0 amide bonds. The van der Waals surface area contributed by atoms with Gasteiger partial charge in [-0.1, -0.05) is 6.07 Å². The van der Waals surface area contributed by atoms with E-state index in [1.807, 2.05) is 25.1 Å². The number of nitrogens with zero attached hydrogens (tertiary/aromatic N) is 4. The second-order valence-corrected chi connectivity index (χ2v) is 4.32. The first kappa shape index (κ1) is 13.4. The van der Waals surface area contributed by atoms with E-state index in [0.717, 1.165) is 29.4 Å². The van der Waals surface area contributed by atoms with E-state index in [2.05, 4.69) is 26.8 Å². The van der Waals surface area contributed by atoms with Crippen molar-refractivity contribution in [1.29, 1.82) is 0 Å². The average molecular weight is 257 g/mol. The molecule has 0 spiro atoms. The molecule has 2 rings (SSSR count). The lowest BCUT2D eigenvalue weighted by Crippen LogP contribution is -2.26. The van der Waals surface area contributed by atoms with Gasteiger partial charge in [-0.25, -0.2) is 4.98 Å². The van der Waals surface area contributed by atoms with E-state index in [1.54, 1.807) is 12.4 Å². The van der Waals surface area contributed by atoms with Gasteiger partial charge in [0.15, 0.2) is 5.82 Å². The quantitative estimate of drug-likeness (QED) is 0.882. The summed E-state index contributed by atoms with van der Waals surface area (Å²) in [5.74, 6) is 0.843. The highest BCUT2D eigenvalue weighted by atomic mass is 15.2. The molecule has 0 saturated heterocycles. The van der Waals surface area contributed by atoms with Crippen molar-refractivity contribution in [3.8, 4) is 0 Å². The average Bonchev–Trinajstić information content (AvgIpc) is 2.45. The van der Waals surface area contributed by atoms with Crippen molar-refractivity contribution in [3.05, 3.63) is 47.7 Å². The predicted molar refractivity (Wildman–Crippen MR) is 75.6 cm³/mol. The van der Waals surface area contributed by atoms with Crippen molar-refractivity contribution in [1.82, 2.24) is 15.0 Å². The van der Waals surface area contributed by atoms with Crippen LogP contribution in [-0.4, -0.2) is 21.5 Å². The van der Waals surface area contributed by atoms with Gasteiger partial charge in [0, 0.05) is 31.2 Å². The summed E-state index contributed by atoms with van der Waals surface area (Å²) in [6.07, 6.45) is 3.37. The fourth-order valence-electron chi connectivity index (χ4n) is 1.99. The van der Waals surface area contributed by atoms with E-state index in [1.165, 1.54) is 0 Å². The largest absolute Gasteiger partial charge is 0.349 e. The van der Waals surface area contributed by atoms with Crippen LogP contribution in [0.25, 0.3) is 0 Å². The topological polar surface area (TPSA) is 67.9 Å². The van der Waals surface area contributed by atoms with Crippen LogP contribution in [-0.2, 0) is 13.1 Å². The molecule has 19 heavy (non-hydrogen) atoms. The maximum Gasteiger partial charge on any atom is 0.151 e. The normalized spacial score (nSPS) is 10.5. The van der Waals surface area contributed by atoms with Gasteiger partial charge in [0.05, 0.1) is 17.9 Å². The molecule has 0 aromatic carbocycles. The van der Waals surface area contributed by atoms with Gasteiger partial charge in [0.2, 0.25) is 0 Å². The molecule has 0 atom stereocenters. The molecule has 0 aliphatic carbocycles. The summed E-state index contributed by atoms with van der Waals surface area (Å²) >= 11 is 0. The van der Waals surface area contributed by atoms with Gasteiger partial charge in [0.25, 0.3) is 0 Å². The molecule has 100 valence electrons. The van der Waals surface area contributed by atoms with Gasteiger partial charge < -0.3 is 10.6 Å². The van der Waals surface area contributed by atoms with Crippen molar-refractivity contribution >= 4 is 5.82 Å². The van der Waals surface area contributed by atoms with E-state index < -0.39 is 0 Å². The van der Waals surface area contributed by atoms with E-state index in [-0.39, 0.29) is 0 Å². The van der Waals surface area contributed by atoms with Crippen LogP contribution in [0.5, 0.6) is 0 Å². The second kappa shape index (κ2) is 6.24. The van der Waals surface area contributed by atoms with Gasteiger partial charge in [-0.15, -0.1) is 0 Å². The Kier molecular flexibility index (Phi) is 4.41. The third-order valence-electron chi connectivity index (χ3n) is 2.93. The van der Waals surface area contributed by atoms with E-state index in [0.29, 0.717) is 13.1 Å². The molecular formula is C14H19N5. The zero-order chi connectivity index (χ0) is 13.7. The van der Waals surface area contributed by atoms with Crippen molar-refractivity contribution in [2.24, 2.45) is 5.73 Å². The molecule has 2 aromatic heterocycles. The zero-order valence-electron chi connectivity index (χ0n) is 11.4. The monoisotopic (exact) mass is 257 g/mol. The Hall–Kier alpha value is -2.01. The number of hydrogen-bond donors (Lipinski definition) is 1. The molecule has 0 unspecified atom stereocenters. The Labute approximate surface area is 113 Å². The number of nitrogens with two attached hydrogens (primary N) is 1. The van der Waals surface area contributed by atoms with Crippen LogP contribution in [0.3, 0.4) is 0 Å². The van der Waals surface area contributed by atoms with Crippen LogP contribution in [0.15, 0.2) is 30.6 Å². The third kappa shape index (κ3) is 3.26. The van der Waals surface area contributed by atoms with Gasteiger partial charge in [-0.3, -0.25) is 9.97 Å². The molecule has 0 fully saturated rings. The van der Waals surface area contributed by atoms with E-state index >= 15 is 0 Å². The number of rotatable bonds is 5. The van der Waals surface area contributed by atoms with Crippen LogP contribution >= 0.6 is 0 Å². The van der Waals surface area contributed by atoms with E-state index in [9.17, 15) is 0 Å². The number of hydrogen-bond acceptors (Lipinski definition) is 5. The summed E-state index contributed by atoms with van der Waals surface area (Å²) in [6, 6.07) is 6.04. The molecule has 0 aliphatic heterocycles. The maximum absolute atomic E-state index is 5.72. The molecular weight excluding hydrogens is 238 g/mol. The lowest BCUT2D eigenvalue weighted by atomic mass is 10.2. The van der Waals surface area contributed by atoms with Crippen LogP contribution in [0, 0.1) is 6.92 Å². The number of pyridine rings is 1. The molecule has 0 radical (unpaired) electrons. The molecule has 0 saturated carbocycles. The van der Waals surface area contributed by atoms with Gasteiger partial charge in [-0.05, 0) is 26.0 Å². The molecule has 2 N–H and O–H groups in total. The van der Waals surface area contributed by atoms with Gasteiger partial charge in [0.1, 0.15) is 0 Å². The Morgan fingerprint density at radius 1 is 1.21 bits per heavy atom. The van der Waals surface area contributed by atoms with Crippen LogP contribution in [0.4, 0.5) is 5.82 Å². The van der Waals surface area contributed by atoms with Crippen molar-refractivity contribution < 1.29 is 0 Å². The lowest BCUT2D eigenvalue weighted by molar-refractivity contribution is 0.771. The molecule has 5 heteroatoms. The highest BCUT2D eigenvalue weighted by Gasteiger charge is 2.12. The van der Waals surface area contributed by atoms with Gasteiger partial charge in [-0.2, -0.15) is 0 Å². The SMILES string of the molecule is CCN(Cc1cccc(C)n1)c1nccnc1CN. The molecule has 0 aliphatic rings. The highest BCUT2D eigenvalue weighted by Crippen LogP contribution is 2.16. The first-order valence-corrected chi connectivity index (χ1v) is 6.42. The summed E-state index contributed by atoms with van der Waals surface area (Å²) in [5.41, 5.74) is 8.58. The molecule has 5 nitrogen and oxygen atoms in total. The Morgan fingerprint density at radius 3 is 2.68 bits per heavy atom. The highest BCUT2D eigenvalue weighted by molar-refractivity contribution is 5.43. The third-order valence-corrected chi connectivity index (χ3v) is 2.93.